The van der Waals surface area contributed by atoms with Gasteiger partial charge in [0.1, 0.15) is 5.82 Å². The van der Waals surface area contributed by atoms with Crippen LogP contribution in [0.15, 0.2) is 42.5 Å². The Morgan fingerprint density at radius 2 is 1.85 bits per heavy atom. The molecule has 2 aromatic rings. The van der Waals surface area contributed by atoms with Crippen LogP contribution in [-0.2, 0) is 20.9 Å². The Hall–Kier alpha value is -3.30. The Bertz CT molecular complexity index is 1050. The summed E-state index contributed by atoms with van der Waals surface area (Å²) in [6.07, 6.45) is 1.66. The van der Waals surface area contributed by atoms with Crippen LogP contribution in [0.4, 0.5) is 15.8 Å². The summed E-state index contributed by atoms with van der Waals surface area (Å²) in [5.41, 5.74) is 1.70. The number of ether oxygens (including phenoxy) is 1. The van der Waals surface area contributed by atoms with Gasteiger partial charge in [-0.05, 0) is 42.3 Å². The van der Waals surface area contributed by atoms with Crippen LogP contribution >= 0.6 is 0 Å². The third kappa shape index (κ3) is 6.39. The Morgan fingerprint density at radius 3 is 2.62 bits per heavy atom. The highest BCUT2D eigenvalue weighted by Crippen LogP contribution is 2.21. The van der Waals surface area contributed by atoms with Crippen LogP contribution < -0.4 is 10.6 Å². The zero-order valence-corrected chi connectivity index (χ0v) is 19.0. The molecule has 2 heterocycles. The van der Waals surface area contributed by atoms with E-state index in [1.54, 1.807) is 23.1 Å². The second-order valence-electron chi connectivity index (χ2n) is 8.52. The molecule has 2 aromatic carbocycles. The van der Waals surface area contributed by atoms with Crippen molar-refractivity contribution in [2.75, 3.05) is 50.0 Å². The fraction of sp³-hybridized carbons (Fsp3) is 0.400. The number of anilines is 2. The van der Waals surface area contributed by atoms with Gasteiger partial charge in [0.25, 0.3) is 5.91 Å². The second-order valence-corrected chi connectivity index (χ2v) is 8.52. The van der Waals surface area contributed by atoms with E-state index in [0.29, 0.717) is 44.0 Å². The average Bonchev–Trinajstić information content (AvgIpc) is 3.25. The van der Waals surface area contributed by atoms with E-state index >= 15 is 0 Å². The van der Waals surface area contributed by atoms with Crippen molar-refractivity contribution in [3.8, 4) is 0 Å². The fourth-order valence-electron chi connectivity index (χ4n) is 4.10. The number of likely N-dealkylation sites (tertiary alicyclic amines) is 1. The highest BCUT2D eigenvalue weighted by Gasteiger charge is 2.20. The predicted octanol–water partition coefficient (Wildman–Crippen LogP) is 2.86. The van der Waals surface area contributed by atoms with Crippen LogP contribution in [0, 0.1) is 5.82 Å². The Kier molecular flexibility index (Phi) is 7.87. The van der Waals surface area contributed by atoms with E-state index in [1.807, 2.05) is 6.07 Å². The quantitative estimate of drug-likeness (QED) is 0.622. The summed E-state index contributed by atoms with van der Waals surface area (Å²) >= 11 is 0. The maximum Gasteiger partial charge on any atom is 0.255 e. The van der Waals surface area contributed by atoms with E-state index in [1.165, 1.54) is 18.2 Å². The minimum Gasteiger partial charge on any atom is -0.379 e. The average molecular weight is 469 g/mol. The first-order valence-corrected chi connectivity index (χ1v) is 11.6. The third-order valence-corrected chi connectivity index (χ3v) is 5.99. The van der Waals surface area contributed by atoms with Gasteiger partial charge in [-0.2, -0.15) is 0 Å². The molecule has 0 saturated carbocycles. The van der Waals surface area contributed by atoms with Gasteiger partial charge in [0.15, 0.2) is 0 Å². The highest BCUT2D eigenvalue weighted by molar-refractivity contribution is 6.04. The Labute approximate surface area is 198 Å². The fourth-order valence-corrected chi connectivity index (χ4v) is 4.10. The van der Waals surface area contributed by atoms with Gasteiger partial charge in [0.05, 0.1) is 18.9 Å². The van der Waals surface area contributed by atoms with Gasteiger partial charge in [0.2, 0.25) is 11.8 Å². The van der Waals surface area contributed by atoms with Crippen molar-refractivity contribution in [3.63, 3.8) is 0 Å². The molecule has 180 valence electrons. The monoisotopic (exact) mass is 468 g/mol. The van der Waals surface area contributed by atoms with E-state index in [4.69, 9.17) is 4.74 Å². The maximum atomic E-state index is 14.3. The molecule has 34 heavy (non-hydrogen) atoms. The first-order chi connectivity index (χ1) is 16.5. The molecule has 0 aromatic heterocycles. The molecule has 0 unspecified atom stereocenters. The maximum absolute atomic E-state index is 14.3. The van der Waals surface area contributed by atoms with Crippen LogP contribution in [0.25, 0.3) is 0 Å². The molecule has 4 rings (SSSR count). The molecule has 0 atom stereocenters. The zero-order chi connectivity index (χ0) is 23.9. The lowest BCUT2D eigenvalue weighted by atomic mass is 10.1. The lowest BCUT2D eigenvalue weighted by Crippen LogP contribution is -2.38. The predicted molar refractivity (Wildman–Crippen MR) is 126 cm³/mol. The van der Waals surface area contributed by atoms with Crippen molar-refractivity contribution in [2.45, 2.75) is 25.8 Å². The van der Waals surface area contributed by atoms with Crippen LogP contribution in [0.3, 0.4) is 0 Å². The number of nitrogens with one attached hydrogen (secondary N) is 2. The Morgan fingerprint density at radius 1 is 1.03 bits per heavy atom. The molecule has 0 aliphatic carbocycles. The number of carbonyl (C=O) groups is 3. The van der Waals surface area contributed by atoms with Crippen molar-refractivity contribution in [1.82, 2.24) is 9.80 Å². The van der Waals surface area contributed by atoms with E-state index in [2.05, 4.69) is 15.5 Å². The minimum absolute atomic E-state index is 0.0195. The van der Waals surface area contributed by atoms with Crippen molar-refractivity contribution < 1.29 is 23.5 Å². The number of benzene rings is 2. The topological polar surface area (TPSA) is 91.0 Å². The van der Waals surface area contributed by atoms with Gasteiger partial charge in [-0.3, -0.25) is 19.3 Å². The van der Waals surface area contributed by atoms with Crippen LogP contribution in [0.1, 0.15) is 35.2 Å². The first-order valence-electron chi connectivity index (χ1n) is 11.6. The van der Waals surface area contributed by atoms with Gasteiger partial charge < -0.3 is 20.3 Å². The van der Waals surface area contributed by atoms with Crippen molar-refractivity contribution in [1.29, 1.82) is 0 Å². The van der Waals surface area contributed by atoms with Gasteiger partial charge in [0, 0.05) is 56.8 Å². The molecule has 2 aliphatic rings. The van der Waals surface area contributed by atoms with Crippen LogP contribution in [0.5, 0.6) is 0 Å². The summed E-state index contributed by atoms with van der Waals surface area (Å²) in [7, 11) is 0. The van der Waals surface area contributed by atoms with Crippen molar-refractivity contribution in [2.24, 2.45) is 0 Å². The lowest BCUT2D eigenvalue weighted by Gasteiger charge is -2.26. The summed E-state index contributed by atoms with van der Waals surface area (Å²) in [6, 6.07) is 11.2. The third-order valence-electron chi connectivity index (χ3n) is 5.99. The SMILES string of the molecule is O=C(CCN1CCOCC1)Nc1cc(NC(=O)c2cccc(CN3CCCC3=O)c2)ccc1F. The molecule has 0 radical (unpaired) electrons. The number of carbonyl (C=O) groups excluding carboxylic acids is 3. The Balaban J connectivity index is 1.35. The first kappa shape index (κ1) is 23.8. The molecule has 8 nitrogen and oxygen atoms in total. The van der Waals surface area contributed by atoms with Crippen molar-refractivity contribution >= 4 is 29.1 Å². The van der Waals surface area contributed by atoms with Crippen LogP contribution in [-0.4, -0.2) is 66.9 Å². The highest BCUT2D eigenvalue weighted by atomic mass is 19.1. The largest absolute Gasteiger partial charge is 0.379 e. The molecule has 9 heteroatoms. The molecular weight excluding hydrogens is 439 g/mol. The normalized spacial score (nSPS) is 16.5. The molecule has 2 aliphatic heterocycles. The zero-order valence-electron chi connectivity index (χ0n) is 19.0. The molecule has 2 fully saturated rings. The van der Waals surface area contributed by atoms with Gasteiger partial charge in [-0.15, -0.1) is 0 Å². The second kappa shape index (κ2) is 11.2. The number of halogens is 1. The number of hydrogen-bond donors (Lipinski definition) is 2. The van der Waals surface area contributed by atoms with Gasteiger partial charge in [-0.25, -0.2) is 4.39 Å². The number of amides is 3. The summed E-state index contributed by atoms with van der Waals surface area (Å²) in [5.74, 6) is -1.10. The van der Waals surface area contributed by atoms with Crippen LogP contribution in [0.2, 0.25) is 0 Å². The van der Waals surface area contributed by atoms with E-state index < -0.39 is 5.82 Å². The van der Waals surface area contributed by atoms with E-state index in [0.717, 1.165) is 31.6 Å². The van der Waals surface area contributed by atoms with E-state index in [9.17, 15) is 18.8 Å². The minimum atomic E-state index is -0.574. The molecule has 0 spiro atoms. The summed E-state index contributed by atoms with van der Waals surface area (Å²) in [5, 5.41) is 5.35. The number of nitrogens with zero attached hydrogens (tertiary/aromatic N) is 2. The molecule has 2 saturated heterocycles. The molecule has 2 N–H and O–H groups in total. The van der Waals surface area contributed by atoms with Gasteiger partial charge in [-0.1, -0.05) is 12.1 Å². The molecule has 3 amide bonds. The summed E-state index contributed by atoms with van der Waals surface area (Å²) < 4.78 is 19.6. The lowest BCUT2D eigenvalue weighted by molar-refractivity contribution is -0.128. The standard InChI is InChI=1S/C25H29FN4O4/c26-21-7-6-20(16-22(21)28-23(31)8-10-29-11-13-34-14-12-29)27-25(33)19-4-1-3-18(15-19)17-30-9-2-5-24(30)32/h1,3-4,6-7,15-16H,2,5,8-14,17H2,(H,27,33)(H,28,31). The summed E-state index contributed by atoms with van der Waals surface area (Å²) in [4.78, 5) is 40.9. The molecular formula is C25H29FN4O4. The van der Waals surface area contributed by atoms with E-state index in [-0.39, 0.29) is 29.8 Å². The number of hydrogen-bond acceptors (Lipinski definition) is 5. The number of rotatable bonds is 8. The number of morpholine rings is 1. The smallest absolute Gasteiger partial charge is 0.255 e. The van der Waals surface area contributed by atoms with Gasteiger partial charge >= 0.3 is 0 Å². The van der Waals surface area contributed by atoms with Crippen molar-refractivity contribution in [3.05, 3.63) is 59.4 Å². The molecule has 0 bridgehead atoms. The summed E-state index contributed by atoms with van der Waals surface area (Å²) in [6.45, 7) is 4.63.